The van der Waals surface area contributed by atoms with Gasteiger partial charge in [0.1, 0.15) is 0 Å². The Bertz CT molecular complexity index is 558. The zero-order chi connectivity index (χ0) is 16.2. The van der Waals surface area contributed by atoms with Crippen molar-refractivity contribution in [3.05, 3.63) is 35.9 Å². The molecule has 0 unspecified atom stereocenters. The van der Waals surface area contributed by atoms with Crippen LogP contribution in [0.3, 0.4) is 0 Å². The van der Waals surface area contributed by atoms with Crippen LogP contribution >= 0.6 is 0 Å². The molecular formula is C19H26N2O2. The van der Waals surface area contributed by atoms with Crippen molar-refractivity contribution in [3.8, 4) is 0 Å². The number of carbonyl (C=O) groups excluding carboxylic acids is 2. The lowest BCUT2D eigenvalue weighted by Crippen LogP contribution is -2.36. The summed E-state index contributed by atoms with van der Waals surface area (Å²) in [6.07, 6.45) is 7.30. The van der Waals surface area contributed by atoms with Gasteiger partial charge in [-0.15, -0.1) is 0 Å². The fourth-order valence-electron chi connectivity index (χ4n) is 3.88. The highest BCUT2D eigenvalue weighted by Gasteiger charge is 2.52. The summed E-state index contributed by atoms with van der Waals surface area (Å²) < 4.78 is 0. The third-order valence-electron chi connectivity index (χ3n) is 5.04. The molecule has 0 N–H and O–H groups in total. The summed E-state index contributed by atoms with van der Waals surface area (Å²) >= 11 is 0. The number of imide groups is 1. The average molecular weight is 314 g/mol. The number of benzene rings is 1. The molecule has 4 nitrogen and oxygen atoms in total. The van der Waals surface area contributed by atoms with Crippen molar-refractivity contribution in [2.24, 2.45) is 5.92 Å². The van der Waals surface area contributed by atoms with Gasteiger partial charge in [-0.3, -0.25) is 9.59 Å². The maximum absolute atomic E-state index is 12.8. The number of hydrazine groups is 1. The molecule has 0 aliphatic carbocycles. The molecule has 23 heavy (non-hydrogen) atoms. The van der Waals surface area contributed by atoms with E-state index in [9.17, 15) is 9.59 Å². The van der Waals surface area contributed by atoms with Gasteiger partial charge < -0.3 is 0 Å². The van der Waals surface area contributed by atoms with Crippen LogP contribution in [-0.2, 0) is 9.59 Å². The van der Waals surface area contributed by atoms with Gasteiger partial charge in [0.15, 0.2) is 0 Å². The Morgan fingerprint density at radius 1 is 1.04 bits per heavy atom. The molecule has 0 aromatic heterocycles. The number of amides is 2. The van der Waals surface area contributed by atoms with Gasteiger partial charge in [0.25, 0.3) is 0 Å². The molecule has 2 atom stereocenters. The summed E-state index contributed by atoms with van der Waals surface area (Å²) in [6, 6.07) is 10.2. The first kappa shape index (κ1) is 16.2. The molecule has 3 rings (SSSR count). The van der Waals surface area contributed by atoms with E-state index in [0.29, 0.717) is 13.0 Å². The van der Waals surface area contributed by atoms with Gasteiger partial charge in [0.2, 0.25) is 11.8 Å². The SMILES string of the molecule is CCCCCCC[C@@H]1C(=O)N2C(=O)CCN2[C@H]1c1ccccc1. The minimum Gasteiger partial charge on any atom is -0.273 e. The van der Waals surface area contributed by atoms with Crippen molar-refractivity contribution < 1.29 is 9.59 Å². The maximum Gasteiger partial charge on any atom is 0.249 e. The molecule has 2 amide bonds. The maximum atomic E-state index is 12.8. The van der Waals surface area contributed by atoms with Crippen LogP contribution in [0.5, 0.6) is 0 Å². The monoisotopic (exact) mass is 314 g/mol. The van der Waals surface area contributed by atoms with Crippen molar-refractivity contribution in [3.63, 3.8) is 0 Å². The van der Waals surface area contributed by atoms with Crippen molar-refractivity contribution in [1.29, 1.82) is 0 Å². The van der Waals surface area contributed by atoms with E-state index in [1.54, 1.807) is 0 Å². The van der Waals surface area contributed by atoms with E-state index in [-0.39, 0.29) is 23.8 Å². The zero-order valence-corrected chi connectivity index (χ0v) is 13.9. The first-order chi connectivity index (χ1) is 11.2. The summed E-state index contributed by atoms with van der Waals surface area (Å²) in [5.74, 6) is -0.107. The normalized spacial score (nSPS) is 24.5. The van der Waals surface area contributed by atoms with E-state index < -0.39 is 0 Å². The third kappa shape index (κ3) is 3.18. The molecule has 0 radical (unpaired) electrons. The van der Waals surface area contributed by atoms with E-state index in [2.05, 4.69) is 19.1 Å². The molecule has 1 aromatic carbocycles. The van der Waals surface area contributed by atoms with Gasteiger partial charge in [-0.2, -0.15) is 0 Å². The quantitative estimate of drug-likeness (QED) is 0.569. The fourth-order valence-corrected chi connectivity index (χ4v) is 3.88. The Kier molecular flexibility index (Phi) is 5.11. The summed E-state index contributed by atoms with van der Waals surface area (Å²) in [6.45, 7) is 2.87. The van der Waals surface area contributed by atoms with Crippen LogP contribution in [-0.4, -0.2) is 28.4 Å². The summed E-state index contributed by atoms with van der Waals surface area (Å²) in [4.78, 5) is 24.8. The molecule has 2 aliphatic heterocycles. The molecule has 0 bridgehead atoms. The van der Waals surface area contributed by atoms with Gasteiger partial charge in [-0.1, -0.05) is 69.4 Å². The number of fused-ring (bicyclic) bond motifs is 1. The molecule has 4 heteroatoms. The average Bonchev–Trinajstić information content (AvgIpc) is 3.07. The van der Waals surface area contributed by atoms with Crippen LogP contribution < -0.4 is 0 Å². The van der Waals surface area contributed by atoms with Crippen molar-refractivity contribution in [2.75, 3.05) is 6.54 Å². The Labute approximate surface area is 138 Å². The lowest BCUT2D eigenvalue weighted by Gasteiger charge is -2.25. The van der Waals surface area contributed by atoms with E-state index in [1.807, 2.05) is 23.2 Å². The number of unbranched alkanes of at least 4 members (excludes halogenated alkanes) is 4. The van der Waals surface area contributed by atoms with E-state index in [1.165, 1.54) is 30.7 Å². The Hall–Kier alpha value is -1.68. The van der Waals surface area contributed by atoms with Crippen molar-refractivity contribution >= 4 is 11.8 Å². The van der Waals surface area contributed by atoms with Gasteiger partial charge in [0.05, 0.1) is 12.0 Å². The Morgan fingerprint density at radius 3 is 2.52 bits per heavy atom. The van der Waals surface area contributed by atoms with Crippen LogP contribution in [0.1, 0.15) is 63.5 Å². The van der Waals surface area contributed by atoms with E-state index in [4.69, 9.17) is 0 Å². The lowest BCUT2D eigenvalue weighted by molar-refractivity contribution is -0.150. The lowest BCUT2D eigenvalue weighted by atomic mass is 9.88. The highest BCUT2D eigenvalue weighted by atomic mass is 16.2. The Morgan fingerprint density at radius 2 is 1.78 bits per heavy atom. The van der Waals surface area contributed by atoms with Crippen molar-refractivity contribution in [2.45, 2.75) is 57.9 Å². The van der Waals surface area contributed by atoms with Gasteiger partial charge in [-0.25, -0.2) is 10.0 Å². The second-order valence-corrected chi connectivity index (χ2v) is 6.62. The number of hydrogen-bond donors (Lipinski definition) is 0. The Balaban J connectivity index is 1.75. The predicted molar refractivity (Wildman–Crippen MR) is 89.2 cm³/mol. The topological polar surface area (TPSA) is 40.6 Å². The molecule has 1 aromatic rings. The molecular weight excluding hydrogens is 288 g/mol. The first-order valence-corrected chi connectivity index (χ1v) is 8.92. The highest BCUT2D eigenvalue weighted by Crippen LogP contribution is 2.43. The third-order valence-corrected chi connectivity index (χ3v) is 5.04. The van der Waals surface area contributed by atoms with E-state index >= 15 is 0 Å². The van der Waals surface area contributed by atoms with Gasteiger partial charge in [0, 0.05) is 13.0 Å². The molecule has 2 fully saturated rings. The summed E-state index contributed by atoms with van der Waals surface area (Å²) in [5.41, 5.74) is 1.15. The van der Waals surface area contributed by atoms with Crippen LogP contribution in [0.15, 0.2) is 30.3 Å². The second kappa shape index (κ2) is 7.26. The summed E-state index contributed by atoms with van der Waals surface area (Å²) in [7, 11) is 0. The van der Waals surface area contributed by atoms with Crippen LogP contribution in [0.4, 0.5) is 0 Å². The molecule has 2 saturated heterocycles. The number of rotatable bonds is 7. The largest absolute Gasteiger partial charge is 0.273 e. The highest BCUT2D eigenvalue weighted by molar-refractivity contribution is 5.99. The van der Waals surface area contributed by atoms with Gasteiger partial charge in [-0.05, 0) is 12.0 Å². The molecule has 0 spiro atoms. The zero-order valence-electron chi connectivity index (χ0n) is 13.9. The van der Waals surface area contributed by atoms with Crippen molar-refractivity contribution in [1.82, 2.24) is 10.0 Å². The number of carbonyl (C=O) groups is 2. The second-order valence-electron chi connectivity index (χ2n) is 6.62. The van der Waals surface area contributed by atoms with Crippen LogP contribution in [0.2, 0.25) is 0 Å². The van der Waals surface area contributed by atoms with Crippen LogP contribution in [0, 0.1) is 5.92 Å². The molecule has 0 saturated carbocycles. The molecule has 124 valence electrons. The molecule has 2 aliphatic rings. The van der Waals surface area contributed by atoms with Gasteiger partial charge >= 0.3 is 0 Å². The minimum absolute atomic E-state index is 0.0110. The minimum atomic E-state index is -0.0803. The summed E-state index contributed by atoms with van der Waals surface area (Å²) in [5, 5.41) is 3.42. The van der Waals surface area contributed by atoms with E-state index in [0.717, 1.165) is 18.4 Å². The predicted octanol–water partition coefficient (Wildman–Crippen LogP) is 3.69. The number of hydrogen-bond acceptors (Lipinski definition) is 3. The fraction of sp³-hybridized carbons (Fsp3) is 0.579. The first-order valence-electron chi connectivity index (χ1n) is 8.92. The number of nitrogens with zero attached hydrogens (tertiary/aromatic N) is 2. The smallest absolute Gasteiger partial charge is 0.249 e. The standard InChI is InChI=1S/C19H26N2O2/c1-2-3-4-5-9-12-16-18(15-10-7-6-8-11-15)20-14-13-17(22)21(20)19(16)23/h6-8,10-11,16,18H,2-5,9,12-14H2,1H3/t16-,18-/m0/s1. The van der Waals surface area contributed by atoms with Crippen LogP contribution in [0.25, 0.3) is 0 Å². The molecule has 2 heterocycles.